The van der Waals surface area contributed by atoms with Gasteiger partial charge in [0, 0.05) is 30.2 Å². The highest BCUT2D eigenvalue weighted by Gasteiger charge is 2.47. The summed E-state index contributed by atoms with van der Waals surface area (Å²) in [5.41, 5.74) is 1.50. The lowest BCUT2D eigenvalue weighted by Crippen LogP contribution is -2.46. The predicted molar refractivity (Wildman–Crippen MR) is 123 cm³/mol. The smallest absolute Gasteiger partial charge is 0.411 e. The molecule has 1 atom stereocenters. The number of hydrogen-bond acceptors (Lipinski definition) is 5. The second-order valence-electron chi connectivity index (χ2n) is 8.27. The molecule has 1 aliphatic rings. The van der Waals surface area contributed by atoms with Crippen LogP contribution >= 0.6 is 11.6 Å². The van der Waals surface area contributed by atoms with Gasteiger partial charge in [-0.2, -0.15) is 13.2 Å². The fourth-order valence-electron chi connectivity index (χ4n) is 3.79. The number of urea groups is 1. The molecule has 1 saturated heterocycles. The number of nitrogens with zero attached hydrogens (tertiary/aromatic N) is 4. The van der Waals surface area contributed by atoms with E-state index in [0.29, 0.717) is 27.7 Å². The number of benzene rings is 1. The van der Waals surface area contributed by atoms with Crippen molar-refractivity contribution in [2.45, 2.75) is 45.0 Å². The van der Waals surface area contributed by atoms with Gasteiger partial charge in [-0.05, 0) is 44.9 Å². The van der Waals surface area contributed by atoms with Gasteiger partial charge in [0.1, 0.15) is 6.04 Å². The minimum atomic E-state index is -4.48. The lowest BCUT2D eigenvalue weighted by Gasteiger charge is -2.26. The molecule has 0 aliphatic carbocycles. The SMILES string of the molecule is CC(C)OC(=O)Nc1cnc2nc(-c3cc(NC(=O)N4CCC[C@@H]4C(F)(F)F)ccc3Cl)cn2c1. The number of likely N-dealkylation sites (tertiary alicyclic amines) is 1. The van der Waals surface area contributed by atoms with E-state index in [4.69, 9.17) is 16.3 Å². The topological polar surface area (TPSA) is 101 Å². The normalized spacial score (nSPS) is 16.1. The Bertz CT molecular complexity index is 1260. The van der Waals surface area contributed by atoms with Gasteiger partial charge < -0.3 is 15.0 Å². The number of nitrogens with one attached hydrogen (secondary N) is 2. The van der Waals surface area contributed by atoms with Gasteiger partial charge in [0.25, 0.3) is 0 Å². The number of rotatable bonds is 4. The van der Waals surface area contributed by atoms with Crippen LogP contribution in [0.4, 0.5) is 34.1 Å². The van der Waals surface area contributed by atoms with E-state index in [0.717, 1.165) is 4.90 Å². The number of hydrogen-bond donors (Lipinski definition) is 2. The second kappa shape index (κ2) is 9.61. The van der Waals surface area contributed by atoms with Gasteiger partial charge in [-0.1, -0.05) is 11.6 Å². The van der Waals surface area contributed by atoms with Crippen LogP contribution in [0.2, 0.25) is 5.02 Å². The standard InChI is InChI=1S/C22H22ClF3N6O3/c1-12(2)35-21(34)29-14-9-27-19-30-17(11-31(19)10-14)15-8-13(5-6-16(15)23)28-20(33)32-7-3-4-18(32)22(24,25)26/h5-6,8-12,18H,3-4,7H2,1-2H3,(H,28,33)(H,29,34)/t18-/m1/s1. The Morgan fingerprint density at radius 2 is 1.97 bits per heavy atom. The van der Waals surface area contributed by atoms with E-state index in [-0.39, 0.29) is 31.2 Å². The van der Waals surface area contributed by atoms with Gasteiger partial charge in [-0.15, -0.1) is 0 Å². The molecule has 1 fully saturated rings. The fourth-order valence-corrected chi connectivity index (χ4v) is 4.00. The molecule has 0 saturated carbocycles. The summed E-state index contributed by atoms with van der Waals surface area (Å²) in [6.45, 7) is 3.47. The highest BCUT2D eigenvalue weighted by atomic mass is 35.5. The highest BCUT2D eigenvalue weighted by Crippen LogP contribution is 2.34. The molecule has 3 amide bonds. The number of alkyl halides is 3. The van der Waals surface area contributed by atoms with Crippen LogP contribution in [0.1, 0.15) is 26.7 Å². The number of carbonyl (C=O) groups excluding carboxylic acids is 2. The Kier molecular flexibility index (Phi) is 6.75. The van der Waals surface area contributed by atoms with Crippen molar-refractivity contribution in [2.75, 3.05) is 17.2 Å². The molecule has 9 nitrogen and oxygen atoms in total. The molecule has 1 aliphatic heterocycles. The van der Waals surface area contributed by atoms with Gasteiger partial charge in [0.05, 0.1) is 28.7 Å². The van der Waals surface area contributed by atoms with Crippen LogP contribution in [0, 0.1) is 0 Å². The molecular formula is C22H22ClF3N6O3. The van der Waals surface area contributed by atoms with Gasteiger partial charge in [-0.3, -0.25) is 9.72 Å². The average Bonchev–Trinajstić information content (AvgIpc) is 3.41. The van der Waals surface area contributed by atoms with E-state index in [2.05, 4.69) is 20.6 Å². The van der Waals surface area contributed by atoms with Crippen LogP contribution in [0.15, 0.2) is 36.8 Å². The highest BCUT2D eigenvalue weighted by molar-refractivity contribution is 6.33. The van der Waals surface area contributed by atoms with Gasteiger partial charge in [0.2, 0.25) is 5.78 Å². The van der Waals surface area contributed by atoms with E-state index in [1.165, 1.54) is 24.4 Å². The second-order valence-corrected chi connectivity index (χ2v) is 8.68. The summed E-state index contributed by atoms with van der Waals surface area (Å²) in [5.74, 6) is 0.318. The van der Waals surface area contributed by atoms with Crippen LogP contribution < -0.4 is 10.6 Å². The Morgan fingerprint density at radius 1 is 1.20 bits per heavy atom. The first-order chi connectivity index (χ1) is 16.5. The summed E-state index contributed by atoms with van der Waals surface area (Å²) in [5, 5.41) is 5.41. The number of imidazole rings is 1. The fraction of sp³-hybridized carbons (Fsp3) is 0.364. The summed E-state index contributed by atoms with van der Waals surface area (Å²) < 4.78 is 46.3. The maximum absolute atomic E-state index is 13.2. The molecule has 186 valence electrons. The van der Waals surface area contributed by atoms with Crippen molar-refractivity contribution in [3.63, 3.8) is 0 Å². The Morgan fingerprint density at radius 3 is 2.69 bits per heavy atom. The molecule has 1 aromatic carbocycles. The van der Waals surface area contributed by atoms with E-state index in [9.17, 15) is 22.8 Å². The Labute approximate surface area is 203 Å². The van der Waals surface area contributed by atoms with Crippen LogP contribution in [0.5, 0.6) is 0 Å². The number of anilines is 2. The van der Waals surface area contributed by atoms with Gasteiger partial charge in [0.15, 0.2) is 0 Å². The summed E-state index contributed by atoms with van der Waals surface area (Å²) in [6, 6.07) is 1.90. The number of halogens is 4. The first kappa shape index (κ1) is 24.6. The number of fused-ring (bicyclic) bond motifs is 1. The molecule has 2 aromatic heterocycles. The lowest BCUT2D eigenvalue weighted by molar-refractivity contribution is -0.168. The van der Waals surface area contributed by atoms with Crippen molar-refractivity contribution in [3.05, 3.63) is 41.8 Å². The van der Waals surface area contributed by atoms with Crippen molar-refractivity contribution in [2.24, 2.45) is 0 Å². The van der Waals surface area contributed by atoms with Gasteiger partial charge in [-0.25, -0.2) is 19.6 Å². The zero-order chi connectivity index (χ0) is 25.3. The summed E-state index contributed by atoms with van der Waals surface area (Å²) in [4.78, 5) is 33.8. The zero-order valence-electron chi connectivity index (χ0n) is 18.8. The molecule has 2 N–H and O–H groups in total. The third kappa shape index (κ3) is 5.59. The van der Waals surface area contributed by atoms with E-state index < -0.39 is 24.3 Å². The number of amides is 3. The number of ether oxygens (including phenoxy) is 1. The third-order valence-electron chi connectivity index (χ3n) is 5.28. The lowest BCUT2D eigenvalue weighted by atomic mass is 10.1. The molecule has 3 aromatic rings. The first-order valence-corrected chi connectivity index (χ1v) is 11.2. The van der Waals surface area contributed by atoms with Gasteiger partial charge >= 0.3 is 18.3 Å². The first-order valence-electron chi connectivity index (χ1n) is 10.8. The van der Waals surface area contributed by atoms with E-state index in [1.807, 2.05) is 0 Å². The Hall–Kier alpha value is -3.54. The van der Waals surface area contributed by atoms with Crippen molar-refractivity contribution in [1.29, 1.82) is 0 Å². The third-order valence-corrected chi connectivity index (χ3v) is 5.61. The Balaban J connectivity index is 1.55. The molecule has 0 radical (unpaired) electrons. The molecule has 35 heavy (non-hydrogen) atoms. The number of carbonyl (C=O) groups is 2. The van der Waals surface area contributed by atoms with Crippen LogP contribution in [0.3, 0.4) is 0 Å². The van der Waals surface area contributed by atoms with Crippen molar-refractivity contribution in [3.8, 4) is 11.3 Å². The summed E-state index contributed by atoms with van der Waals surface area (Å²) >= 11 is 6.34. The van der Waals surface area contributed by atoms with Crippen molar-refractivity contribution < 1.29 is 27.5 Å². The molecule has 0 unspecified atom stereocenters. The quantitative estimate of drug-likeness (QED) is 0.478. The maximum atomic E-state index is 13.2. The summed E-state index contributed by atoms with van der Waals surface area (Å²) in [7, 11) is 0. The largest absolute Gasteiger partial charge is 0.447 e. The molecule has 13 heteroatoms. The maximum Gasteiger partial charge on any atom is 0.411 e. The van der Waals surface area contributed by atoms with Crippen LogP contribution in [-0.2, 0) is 4.74 Å². The van der Waals surface area contributed by atoms with E-state index >= 15 is 0 Å². The zero-order valence-corrected chi connectivity index (χ0v) is 19.5. The predicted octanol–water partition coefficient (Wildman–Crippen LogP) is 5.57. The van der Waals surface area contributed by atoms with Crippen LogP contribution in [-0.4, -0.2) is 56.3 Å². The molecule has 0 bridgehead atoms. The van der Waals surface area contributed by atoms with Crippen molar-refractivity contribution in [1.82, 2.24) is 19.3 Å². The molecule has 4 rings (SSSR count). The van der Waals surface area contributed by atoms with E-state index in [1.54, 1.807) is 30.6 Å². The minimum Gasteiger partial charge on any atom is -0.447 e. The molecular weight excluding hydrogens is 489 g/mol. The van der Waals surface area contributed by atoms with Crippen LogP contribution in [0.25, 0.3) is 17.0 Å². The molecule has 3 heterocycles. The minimum absolute atomic E-state index is 0.0235. The summed E-state index contributed by atoms with van der Waals surface area (Å²) in [6.07, 6.45) is -0.614. The molecule has 0 spiro atoms. The number of aromatic nitrogens is 3. The average molecular weight is 511 g/mol. The van der Waals surface area contributed by atoms with Crippen molar-refractivity contribution >= 4 is 40.9 Å². The monoisotopic (exact) mass is 510 g/mol.